The molecule has 132 valence electrons. The number of primary amides is 1. The van der Waals surface area contributed by atoms with Crippen molar-refractivity contribution in [2.24, 2.45) is 5.73 Å². The number of hydrogen-bond acceptors (Lipinski definition) is 1. The molecule has 0 saturated carbocycles. The lowest BCUT2D eigenvalue weighted by atomic mass is 9.99. The van der Waals surface area contributed by atoms with Gasteiger partial charge in [-0.3, -0.25) is 4.79 Å². The van der Waals surface area contributed by atoms with E-state index in [2.05, 4.69) is 24.3 Å². The second-order valence-corrected chi connectivity index (χ2v) is 6.99. The van der Waals surface area contributed by atoms with Crippen LogP contribution in [0.25, 0.3) is 11.1 Å². The molecule has 26 heavy (non-hydrogen) atoms. The Balaban J connectivity index is 1.64. The molecule has 0 aromatic heterocycles. The first-order valence-electron chi connectivity index (χ1n) is 8.46. The summed E-state index contributed by atoms with van der Waals surface area (Å²) in [5.74, 6) is -0.414. The topological polar surface area (TPSA) is 43.1 Å². The quantitative estimate of drug-likeness (QED) is 0.562. The largest absolute Gasteiger partial charge is 0.366 e. The fourth-order valence-electron chi connectivity index (χ4n) is 2.94. The molecule has 0 unspecified atom stereocenters. The fourth-order valence-corrected chi connectivity index (χ4v) is 3.35. The van der Waals surface area contributed by atoms with Crippen LogP contribution in [0.5, 0.6) is 0 Å². The molecule has 0 heterocycles. The van der Waals surface area contributed by atoms with Gasteiger partial charge in [0.05, 0.1) is 10.0 Å². The number of rotatable bonds is 6. The van der Waals surface area contributed by atoms with Crippen molar-refractivity contribution in [3.05, 3.63) is 93.5 Å². The number of carbonyl (C=O) groups excluding carboxylic acids is 1. The van der Waals surface area contributed by atoms with Crippen molar-refractivity contribution >= 4 is 29.1 Å². The number of nitrogens with two attached hydrogens (primary N) is 1. The molecule has 2 nitrogen and oxygen atoms in total. The van der Waals surface area contributed by atoms with Crippen molar-refractivity contribution < 1.29 is 4.79 Å². The van der Waals surface area contributed by atoms with Crippen LogP contribution < -0.4 is 5.73 Å². The zero-order valence-corrected chi connectivity index (χ0v) is 15.7. The lowest BCUT2D eigenvalue weighted by molar-refractivity contribution is 0.100. The SMILES string of the molecule is NC(=O)c1cccc(-c2ccc(CCCc3cccc(Cl)c3Cl)cc2)c1. The third-order valence-corrected chi connectivity index (χ3v) is 5.24. The van der Waals surface area contributed by atoms with Crippen molar-refractivity contribution in [1.29, 1.82) is 0 Å². The minimum atomic E-state index is -0.414. The van der Waals surface area contributed by atoms with Gasteiger partial charge in [-0.05, 0) is 59.7 Å². The molecule has 0 fully saturated rings. The fraction of sp³-hybridized carbons (Fsp3) is 0.136. The van der Waals surface area contributed by atoms with Gasteiger partial charge in [-0.1, -0.05) is 71.7 Å². The van der Waals surface area contributed by atoms with Gasteiger partial charge in [0.1, 0.15) is 0 Å². The average Bonchev–Trinajstić information content (AvgIpc) is 2.66. The summed E-state index contributed by atoms with van der Waals surface area (Å²) in [6.45, 7) is 0. The Bertz CT molecular complexity index is 920. The van der Waals surface area contributed by atoms with Crippen molar-refractivity contribution in [1.82, 2.24) is 0 Å². The van der Waals surface area contributed by atoms with Crippen LogP contribution in [0.2, 0.25) is 10.0 Å². The summed E-state index contributed by atoms with van der Waals surface area (Å²) >= 11 is 12.3. The minimum absolute atomic E-state index is 0.414. The molecule has 0 atom stereocenters. The number of hydrogen-bond donors (Lipinski definition) is 1. The molecule has 0 saturated heterocycles. The van der Waals surface area contributed by atoms with Crippen molar-refractivity contribution in [2.75, 3.05) is 0 Å². The Morgan fingerprint density at radius 3 is 2.31 bits per heavy atom. The van der Waals surface area contributed by atoms with E-state index in [1.165, 1.54) is 5.56 Å². The van der Waals surface area contributed by atoms with Crippen LogP contribution in [0, 0.1) is 0 Å². The van der Waals surface area contributed by atoms with E-state index in [-0.39, 0.29) is 0 Å². The van der Waals surface area contributed by atoms with E-state index in [0.29, 0.717) is 15.6 Å². The van der Waals surface area contributed by atoms with E-state index in [4.69, 9.17) is 28.9 Å². The molecule has 2 N–H and O–H groups in total. The van der Waals surface area contributed by atoms with Crippen molar-refractivity contribution in [2.45, 2.75) is 19.3 Å². The Morgan fingerprint density at radius 1 is 0.846 bits per heavy atom. The van der Waals surface area contributed by atoms with Crippen molar-refractivity contribution in [3.63, 3.8) is 0 Å². The summed E-state index contributed by atoms with van der Waals surface area (Å²) in [5, 5.41) is 1.26. The van der Waals surface area contributed by atoms with Gasteiger partial charge in [0.15, 0.2) is 0 Å². The Morgan fingerprint density at radius 2 is 1.58 bits per heavy atom. The van der Waals surface area contributed by atoms with Crippen LogP contribution in [-0.4, -0.2) is 5.91 Å². The van der Waals surface area contributed by atoms with Gasteiger partial charge < -0.3 is 5.73 Å². The summed E-state index contributed by atoms with van der Waals surface area (Å²) in [6, 6.07) is 21.5. The Labute approximate surface area is 163 Å². The van der Waals surface area contributed by atoms with E-state index < -0.39 is 5.91 Å². The van der Waals surface area contributed by atoms with Gasteiger partial charge in [0, 0.05) is 5.56 Å². The highest BCUT2D eigenvalue weighted by atomic mass is 35.5. The monoisotopic (exact) mass is 383 g/mol. The van der Waals surface area contributed by atoms with Gasteiger partial charge >= 0.3 is 0 Å². The van der Waals surface area contributed by atoms with Crippen LogP contribution in [0.3, 0.4) is 0 Å². The highest BCUT2D eigenvalue weighted by Gasteiger charge is 2.06. The zero-order valence-electron chi connectivity index (χ0n) is 14.2. The lowest BCUT2D eigenvalue weighted by Crippen LogP contribution is -2.10. The molecule has 0 bridgehead atoms. The highest BCUT2D eigenvalue weighted by molar-refractivity contribution is 6.42. The third kappa shape index (κ3) is 4.46. The molecule has 0 radical (unpaired) electrons. The Kier molecular flexibility index (Phi) is 5.97. The molecule has 0 spiro atoms. The molecule has 0 aliphatic heterocycles. The standard InChI is InChI=1S/C22H19Cl2NO/c23-20-9-3-6-17(21(20)24)5-1-4-15-10-12-16(13-11-15)18-7-2-8-19(14-18)22(25)26/h2-3,6-14H,1,4-5H2,(H2,25,26). The van der Waals surface area contributed by atoms with Crippen LogP contribution in [0.4, 0.5) is 0 Å². The number of carbonyl (C=O) groups is 1. The predicted molar refractivity (Wildman–Crippen MR) is 109 cm³/mol. The number of amides is 1. The highest BCUT2D eigenvalue weighted by Crippen LogP contribution is 2.27. The molecule has 3 aromatic rings. The van der Waals surface area contributed by atoms with Crippen molar-refractivity contribution in [3.8, 4) is 11.1 Å². The maximum atomic E-state index is 11.3. The summed E-state index contributed by atoms with van der Waals surface area (Å²) in [6.07, 6.45) is 2.85. The van der Waals surface area contributed by atoms with Gasteiger partial charge in [-0.25, -0.2) is 0 Å². The normalized spacial score (nSPS) is 10.7. The van der Waals surface area contributed by atoms with E-state index in [1.807, 2.05) is 30.3 Å². The second-order valence-electron chi connectivity index (χ2n) is 6.21. The first kappa shape index (κ1) is 18.5. The van der Waals surface area contributed by atoms with E-state index >= 15 is 0 Å². The van der Waals surface area contributed by atoms with Crippen LogP contribution in [0.1, 0.15) is 27.9 Å². The number of aryl methyl sites for hydroxylation is 2. The minimum Gasteiger partial charge on any atom is -0.366 e. The summed E-state index contributed by atoms with van der Waals surface area (Å²) in [4.78, 5) is 11.3. The third-order valence-electron chi connectivity index (χ3n) is 4.38. The van der Waals surface area contributed by atoms with Crippen LogP contribution in [-0.2, 0) is 12.8 Å². The molecular weight excluding hydrogens is 365 g/mol. The van der Waals surface area contributed by atoms with E-state index in [0.717, 1.165) is 36.0 Å². The Hall–Kier alpha value is -2.29. The van der Waals surface area contributed by atoms with Crippen LogP contribution >= 0.6 is 23.2 Å². The maximum Gasteiger partial charge on any atom is 0.248 e. The van der Waals surface area contributed by atoms with Gasteiger partial charge in [0.2, 0.25) is 5.91 Å². The smallest absolute Gasteiger partial charge is 0.248 e. The maximum absolute atomic E-state index is 11.3. The average molecular weight is 384 g/mol. The first-order valence-corrected chi connectivity index (χ1v) is 9.22. The first-order chi connectivity index (χ1) is 12.5. The van der Waals surface area contributed by atoms with E-state index in [9.17, 15) is 4.79 Å². The number of halogens is 2. The van der Waals surface area contributed by atoms with Gasteiger partial charge in [-0.2, -0.15) is 0 Å². The molecule has 0 aliphatic rings. The van der Waals surface area contributed by atoms with Gasteiger partial charge in [-0.15, -0.1) is 0 Å². The predicted octanol–water partition coefficient (Wildman–Crippen LogP) is 5.93. The van der Waals surface area contributed by atoms with Crippen LogP contribution in [0.15, 0.2) is 66.7 Å². The van der Waals surface area contributed by atoms with Gasteiger partial charge in [0.25, 0.3) is 0 Å². The molecule has 3 rings (SSSR count). The zero-order chi connectivity index (χ0) is 18.5. The summed E-state index contributed by atoms with van der Waals surface area (Å²) in [7, 11) is 0. The van der Waals surface area contributed by atoms with E-state index in [1.54, 1.807) is 12.1 Å². The summed E-state index contributed by atoms with van der Waals surface area (Å²) in [5.41, 5.74) is 10.3. The molecule has 1 amide bonds. The molecule has 3 aromatic carbocycles. The lowest BCUT2D eigenvalue weighted by Gasteiger charge is -2.07. The summed E-state index contributed by atoms with van der Waals surface area (Å²) < 4.78 is 0. The number of benzene rings is 3. The second kappa shape index (κ2) is 8.39. The molecular formula is C22H19Cl2NO. The molecule has 4 heteroatoms. The molecule has 0 aliphatic carbocycles.